The van der Waals surface area contributed by atoms with Crippen LogP contribution in [0.1, 0.15) is 22.0 Å². The molecular weight excluding hydrogens is 345 g/mol. The maximum absolute atomic E-state index is 13.2. The number of benzene rings is 2. The van der Waals surface area contributed by atoms with Crippen molar-refractivity contribution in [1.29, 1.82) is 0 Å². The Hall–Kier alpha value is -3.41. The molecule has 0 radical (unpaired) electrons. The lowest BCUT2D eigenvalue weighted by Crippen LogP contribution is -2.52. The third kappa shape index (κ3) is 3.33. The number of hydrogen-bond acceptors (Lipinski definition) is 2. The molecule has 136 valence electrons. The molecule has 1 aromatic heterocycles. The molecule has 27 heavy (non-hydrogen) atoms. The molecule has 1 aliphatic rings. The predicted octanol–water partition coefficient (Wildman–Crippen LogP) is 2.93. The molecule has 1 atom stereocenters. The Morgan fingerprint density at radius 3 is 2.33 bits per heavy atom. The average molecular weight is 363 g/mol. The third-order valence-electron chi connectivity index (χ3n) is 4.68. The zero-order valence-electron chi connectivity index (χ0n) is 14.5. The second-order valence-corrected chi connectivity index (χ2v) is 6.38. The molecule has 2 amide bonds. The summed E-state index contributed by atoms with van der Waals surface area (Å²) in [5.41, 5.74) is 2.04. The largest absolute Gasteiger partial charge is 0.352 e. The number of nitrogens with one attached hydrogen (secondary N) is 1. The zero-order valence-corrected chi connectivity index (χ0v) is 14.5. The lowest BCUT2D eigenvalue weighted by atomic mass is 10.0. The molecule has 0 aliphatic carbocycles. The number of carbonyl (C=O) groups is 2. The Morgan fingerprint density at radius 1 is 1.00 bits per heavy atom. The molecule has 0 spiro atoms. The van der Waals surface area contributed by atoms with E-state index in [2.05, 4.69) is 5.32 Å². The number of hydrogen-bond donors (Lipinski definition) is 1. The van der Waals surface area contributed by atoms with Gasteiger partial charge in [0, 0.05) is 36.7 Å². The molecule has 1 N–H and O–H groups in total. The molecule has 1 unspecified atom stereocenters. The summed E-state index contributed by atoms with van der Waals surface area (Å²) in [5.74, 6) is -0.864. The van der Waals surface area contributed by atoms with E-state index in [1.165, 1.54) is 17.0 Å². The van der Waals surface area contributed by atoms with Crippen LogP contribution in [0.4, 0.5) is 4.39 Å². The van der Waals surface area contributed by atoms with Gasteiger partial charge in [0.05, 0.1) is 0 Å². The van der Waals surface area contributed by atoms with Crippen molar-refractivity contribution in [2.75, 3.05) is 13.1 Å². The lowest BCUT2D eigenvalue weighted by molar-refractivity contribution is -0.128. The number of aromatic nitrogens is 1. The highest BCUT2D eigenvalue weighted by Gasteiger charge is 2.34. The van der Waals surface area contributed by atoms with E-state index in [1.807, 2.05) is 41.2 Å². The van der Waals surface area contributed by atoms with Crippen molar-refractivity contribution >= 4 is 11.8 Å². The van der Waals surface area contributed by atoms with Gasteiger partial charge in [-0.05, 0) is 54.1 Å². The molecule has 0 saturated carbocycles. The quantitative estimate of drug-likeness (QED) is 0.778. The van der Waals surface area contributed by atoms with Crippen LogP contribution in [0.3, 0.4) is 0 Å². The first-order valence-electron chi connectivity index (χ1n) is 8.71. The van der Waals surface area contributed by atoms with E-state index in [-0.39, 0.29) is 17.6 Å². The Morgan fingerprint density at radius 2 is 1.67 bits per heavy atom. The summed E-state index contributed by atoms with van der Waals surface area (Å²) < 4.78 is 15.2. The highest BCUT2D eigenvalue weighted by atomic mass is 19.1. The molecule has 4 rings (SSSR count). The normalized spacial score (nSPS) is 16.9. The van der Waals surface area contributed by atoms with Crippen molar-refractivity contribution in [3.05, 3.63) is 90.0 Å². The first-order chi connectivity index (χ1) is 13.1. The van der Waals surface area contributed by atoms with E-state index in [0.29, 0.717) is 24.2 Å². The van der Waals surface area contributed by atoms with Gasteiger partial charge >= 0.3 is 0 Å². The standard InChI is InChI=1S/C21H18FN3O2/c22-17-7-3-15(4-8-17)19-20(26)23-11-14-25(19)21(27)16-5-9-18(10-6-16)24-12-1-2-13-24/h1-10,12-13,19H,11,14H2,(H,23,26). The number of halogens is 1. The monoisotopic (exact) mass is 363 g/mol. The second kappa shape index (κ2) is 7.07. The molecule has 1 fully saturated rings. The van der Waals surface area contributed by atoms with Crippen LogP contribution in [0.25, 0.3) is 5.69 Å². The number of nitrogens with zero attached hydrogens (tertiary/aromatic N) is 2. The smallest absolute Gasteiger partial charge is 0.254 e. The van der Waals surface area contributed by atoms with Crippen LogP contribution in [0.5, 0.6) is 0 Å². The van der Waals surface area contributed by atoms with Crippen LogP contribution < -0.4 is 5.32 Å². The van der Waals surface area contributed by atoms with Gasteiger partial charge in [0.25, 0.3) is 5.91 Å². The lowest BCUT2D eigenvalue weighted by Gasteiger charge is -2.35. The van der Waals surface area contributed by atoms with Gasteiger partial charge in [0.2, 0.25) is 5.91 Å². The number of rotatable bonds is 3. The van der Waals surface area contributed by atoms with Crippen molar-refractivity contribution in [3.63, 3.8) is 0 Å². The van der Waals surface area contributed by atoms with Gasteiger partial charge < -0.3 is 14.8 Å². The van der Waals surface area contributed by atoms with Gasteiger partial charge in [-0.15, -0.1) is 0 Å². The first-order valence-corrected chi connectivity index (χ1v) is 8.71. The molecule has 6 heteroatoms. The van der Waals surface area contributed by atoms with Crippen LogP contribution in [0.15, 0.2) is 73.1 Å². The van der Waals surface area contributed by atoms with Gasteiger partial charge in [-0.2, -0.15) is 0 Å². The molecule has 1 aliphatic heterocycles. The van der Waals surface area contributed by atoms with Crippen LogP contribution in [-0.4, -0.2) is 34.4 Å². The Labute approximate surface area is 156 Å². The summed E-state index contributed by atoms with van der Waals surface area (Å²) >= 11 is 0. The van der Waals surface area contributed by atoms with E-state index in [9.17, 15) is 14.0 Å². The number of amides is 2. The van der Waals surface area contributed by atoms with E-state index in [0.717, 1.165) is 5.69 Å². The summed E-state index contributed by atoms with van der Waals surface area (Å²) in [6.07, 6.45) is 3.85. The first kappa shape index (κ1) is 17.0. The van der Waals surface area contributed by atoms with Crippen molar-refractivity contribution in [3.8, 4) is 5.69 Å². The average Bonchev–Trinajstić information content (AvgIpc) is 3.23. The van der Waals surface area contributed by atoms with Gasteiger partial charge in [0.15, 0.2) is 0 Å². The minimum Gasteiger partial charge on any atom is -0.352 e. The fourth-order valence-corrected chi connectivity index (χ4v) is 3.31. The fourth-order valence-electron chi connectivity index (χ4n) is 3.31. The fraction of sp³-hybridized carbons (Fsp3) is 0.143. The summed E-state index contributed by atoms with van der Waals surface area (Å²) in [5, 5.41) is 2.78. The molecule has 0 bridgehead atoms. The Kier molecular flexibility index (Phi) is 4.46. The summed E-state index contributed by atoms with van der Waals surface area (Å²) in [4.78, 5) is 27.0. The third-order valence-corrected chi connectivity index (χ3v) is 4.68. The van der Waals surface area contributed by atoms with Gasteiger partial charge in [0.1, 0.15) is 11.9 Å². The van der Waals surface area contributed by atoms with Crippen LogP contribution in [-0.2, 0) is 4.79 Å². The van der Waals surface area contributed by atoms with Crippen LogP contribution in [0.2, 0.25) is 0 Å². The Balaban J connectivity index is 1.62. The molecule has 1 saturated heterocycles. The maximum atomic E-state index is 13.2. The number of piperazine rings is 1. The molecular formula is C21H18FN3O2. The van der Waals surface area contributed by atoms with E-state index in [4.69, 9.17) is 0 Å². The van der Waals surface area contributed by atoms with Crippen molar-refractivity contribution in [2.24, 2.45) is 0 Å². The van der Waals surface area contributed by atoms with E-state index >= 15 is 0 Å². The summed E-state index contributed by atoms with van der Waals surface area (Å²) in [6, 6.07) is 16.0. The van der Waals surface area contributed by atoms with Crippen LogP contribution >= 0.6 is 0 Å². The van der Waals surface area contributed by atoms with Crippen molar-refractivity contribution in [2.45, 2.75) is 6.04 Å². The van der Waals surface area contributed by atoms with E-state index in [1.54, 1.807) is 24.3 Å². The number of carbonyl (C=O) groups excluding carboxylic acids is 2. The Bertz CT molecular complexity index is 950. The van der Waals surface area contributed by atoms with E-state index < -0.39 is 6.04 Å². The van der Waals surface area contributed by atoms with Gasteiger partial charge in [-0.1, -0.05) is 12.1 Å². The summed E-state index contributed by atoms with van der Waals surface area (Å²) in [6.45, 7) is 0.787. The SMILES string of the molecule is O=C1NCCN(C(=O)c2ccc(-n3cccc3)cc2)C1c1ccc(F)cc1. The highest BCUT2D eigenvalue weighted by molar-refractivity contribution is 5.98. The zero-order chi connectivity index (χ0) is 18.8. The second-order valence-electron chi connectivity index (χ2n) is 6.38. The minimum atomic E-state index is -0.768. The predicted molar refractivity (Wildman–Crippen MR) is 99.0 cm³/mol. The summed E-state index contributed by atoms with van der Waals surface area (Å²) in [7, 11) is 0. The molecule has 2 heterocycles. The van der Waals surface area contributed by atoms with Crippen LogP contribution in [0, 0.1) is 5.82 Å². The molecule has 2 aromatic carbocycles. The molecule has 5 nitrogen and oxygen atoms in total. The van der Waals surface area contributed by atoms with Crippen molar-refractivity contribution < 1.29 is 14.0 Å². The molecule has 3 aromatic rings. The van der Waals surface area contributed by atoms with Gasteiger partial charge in [-0.25, -0.2) is 4.39 Å². The van der Waals surface area contributed by atoms with Crippen molar-refractivity contribution in [1.82, 2.24) is 14.8 Å². The highest BCUT2D eigenvalue weighted by Crippen LogP contribution is 2.26. The minimum absolute atomic E-state index is 0.224. The maximum Gasteiger partial charge on any atom is 0.254 e. The van der Waals surface area contributed by atoms with Gasteiger partial charge in [-0.3, -0.25) is 9.59 Å². The topological polar surface area (TPSA) is 54.3 Å².